The second-order valence-corrected chi connectivity index (χ2v) is 4.11. The van der Waals surface area contributed by atoms with Crippen LogP contribution in [0, 0.1) is 0 Å². The smallest absolute Gasteiger partial charge is 0.0333 e. The molecule has 1 rings (SSSR count). The number of benzene rings is 1. The van der Waals surface area contributed by atoms with Gasteiger partial charge in [0.25, 0.3) is 0 Å². The van der Waals surface area contributed by atoms with E-state index in [-0.39, 0.29) is 0 Å². The van der Waals surface area contributed by atoms with Crippen LogP contribution in [-0.4, -0.2) is 18.4 Å². The number of nitrogen functional groups attached to an aromatic ring is 1. The van der Waals surface area contributed by atoms with Crippen molar-refractivity contribution in [1.82, 2.24) is 4.31 Å². The van der Waals surface area contributed by atoms with E-state index in [9.17, 15) is 0 Å². The van der Waals surface area contributed by atoms with Crippen molar-refractivity contribution in [2.24, 2.45) is 0 Å². The van der Waals surface area contributed by atoms with Crippen LogP contribution in [0.5, 0.6) is 0 Å². The largest absolute Gasteiger partial charge is 0.399 e. The zero-order valence-electron chi connectivity index (χ0n) is 9.45. The maximum atomic E-state index is 5.64. The predicted molar refractivity (Wildman–Crippen MR) is 67.2 cm³/mol. The van der Waals surface area contributed by atoms with E-state index in [1.165, 1.54) is 5.56 Å². The van der Waals surface area contributed by atoms with Crippen LogP contribution in [0.3, 0.4) is 0 Å². The summed E-state index contributed by atoms with van der Waals surface area (Å²) >= 11 is 1.77. The van der Waals surface area contributed by atoms with Gasteiger partial charge in [0.05, 0.1) is 0 Å². The maximum Gasteiger partial charge on any atom is 0.0333 e. The van der Waals surface area contributed by atoms with E-state index in [1.807, 2.05) is 46.1 Å². The summed E-state index contributed by atoms with van der Waals surface area (Å²) < 4.78 is 2.09. The molecule has 0 aromatic heterocycles. The SMILES string of the molecule is CC.CN(C)SCc1cccc(N)c1. The maximum absolute atomic E-state index is 5.64. The lowest BCUT2D eigenvalue weighted by atomic mass is 10.2. The molecule has 0 saturated heterocycles. The van der Waals surface area contributed by atoms with E-state index < -0.39 is 0 Å². The van der Waals surface area contributed by atoms with Gasteiger partial charge in [-0.25, -0.2) is 0 Å². The number of anilines is 1. The first-order valence-corrected chi connectivity index (χ1v) is 5.77. The zero-order valence-corrected chi connectivity index (χ0v) is 10.3. The van der Waals surface area contributed by atoms with Crippen molar-refractivity contribution in [2.45, 2.75) is 19.6 Å². The van der Waals surface area contributed by atoms with Crippen molar-refractivity contribution in [3.05, 3.63) is 29.8 Å². The van der Waals surface area contributed by atoms with Gasteiger partial charge in [-0.3, -0.25) is 4.31 Å². The Morgan fingerprint density at radius 2 is 1.93 bits per heavy atom. The molecule has 0 atom stereocenters. The van der Waals surface area contributed by atoms with Crippen LogP contribution in [0.15, 0.2) is 24.3 Å². The average molecular weight is 212 g/mol. The minimum absolute atomic E-state index is 0.840. The lowest BCUT2D eigenvalue weighted by molar-refractivity contribution is 0.702. The monoisotopic (exact) mass is 212 g/mol. The van der Waals surface area contributed by atoms with Gasteiger partial charge in [0.2, 0.25) is 0 Å². The summed E-state index contributed by atoms with van der Waals surface area (Å²) in [6.45, 7) is 4.00. The molecular formula is C11H20N2S. The molecule has 0 spiro atoms. The van der Waals surface area contributed by atoms with Gasteiger partial charge < -0.3 is 5.73 Å². The summed E-state index contributed by atoms with van der Waals surface area (Å²) in [5, 5.41) is 0. The second-order valence-electron chi connectivity index (χ2n) is 2.83. The van der Waals surface area contributed by atoms with Crippen molar-refractivity contribution in [3.8, 4) is 0 Å². The quantitative estimate of drug-likeness (QED) is 0.617. The van der Waals surface area contributed by atoms with Gasteiger partial charge in [0.1, 0.15) is 0 Å². The minimum atomic E-state index is 0.840. The van der Waals surface area contributed by atoms with Crippen molar-refractivity contribution in [2.75, 3.05) is 19.8 Å². The highest BCUT2D eigenvalue weighted by atomic mass is 32.2. The third-order valence-electron chi connectivity index (χ3n) is 1.44. The first kappa shape index (κ1) is 13.3. The van der Waals surface area contributed by atoms with Gasteiger partial charge in [-0.1, -0.05) is 37.9 Å². The second kappa shape index (κ2) is 7.71. The van der Waals surface area contributed by atoms with Gasteiger partial charge in [-0.15, -0.1) is 0 Å². The van der Waals surface area contributed by atoms with Crippen molar-refractivity contribution >= 4 is 17.6 Å². The van der Waals surface area contributed by atoms with E-state index in [2.05, 4.69) is 10.4 Å². The molecule has 2 N–H and O–H groups in total. The Kier molecular flexibility index (Phi) is 7.34. The van der Waals surface area contributed by atoms with Crippen LogP contribution in [0.1, 0.15) is 19.4 Å². The van der Waals surface area contributed by atoms with Crippen molar-refractivity contribution < 1.29 is 0 Å². The molecule has 0 saturated carbocycles. The summed E-state index contributed by atoms with van der Waals surface area (Å²) in [5.41, 5.74) is 7.75. The predicted octanol–water partition coefficient (Wildman–Crippen LogP) is 3.00. The lowest BCUT2D eigenvalue weighted by Crippen LogP contribution is -2.00. The molecule has 0 aliphatic heterocycles. The third kappa shape index (κ3) is 5.89. The topological polar surface area (TPSA) is 29.3 Å². The van der Waals surface area contributed by atoms with E-state index >= 15 is 0 Å². The molecule has 0 aliphatic rings. The van der Waals surface area contributed by atoms with E-state index in [4.69, 9.17) is 5.73 Å². The normalized spacial score (nSPS) is 9.50. The average Bonchev–Trinajstić information content (AvgIpc) is 2.18. The number of nitrogens with two attached hydrogens (primary N) is 1. The number of nitrogens with zero attached hydrogens (tertiary/aromatic N) is 1. The fourth-order valence-corrected chi connectivity index (χ4v) is 1.47. The Morgan fingerprint density at radius 3 is 2.43 bits per heavy atom. The molecule has 0 aliphatic carbocycles. The summed E-state index contributed by atoms with van der Waals surface area (Å²) in [7, 11) is 4.08. The van der Waals surface area contributed by atoms with Crippen molar-refractivity contribution in [1.29, 1.82) is 0 Å². The highest BCUT2D eigenvalue weighted by Gasteiger charge is 1.94. The van der Waals surface area contributed by atoms with Crippen LogP contribution >= 0.6 is 11.9 Å². The van der Waals surface area contributed by atoms with Gasteiger partial charge in [0.15, 0.2) is 0 Å². The van der Waals surface area contributed by atoms with E-state index in [0.717, 1.165) is 11.4 Å². The molecule has 2 nitrogen and oxygen atoms in total. The molecule has 1 aromatic rings. The fraction of sp³-hybridized carbons (Fsp3) is 0.455. The molecule has 0 amide bonds. The third-order valence-corrected chi connectivity index (χ3v) is 2.42. The Balaban J connectivity index is 0.000000791. The molecule has 14 heavy (non-hydrogen) atoms. The Labute approximate surface area is 91.6 Å². The fourth-order valence-electron chi connectivity index (χ4n) is 0.887. The summed E-state index contributed by atoms with van der Waals surface area (Å²) in [6, 6.07) is 7.99. The van der Waals surface area contributed by atoms with Crippen LogP contribution in [-0.2, 0) is 5.75 Å². The van der Waals surface area contributed by atoms with Crippen LogP contribution in [0.25, 0.3) is 0 Å². The Bertz CT molecular complexity index is 249. The molecule has 80 valence electrons. The summed E-state index contributed by atoms with van der Waals surface area (Å²) in [5.74, 6) is 0.984. The zero-order chi connectivity index (χ0) is 11.0. The highest BCUT2D eigenvalue weighted by Crippen LogP contribution is 2.15. The van der Waals surface area contributed by atoms with E-state index in [0.29, 0.717) is 0 Å². The van der Waals surface area contributed by atoms with Gasteiger partial charge in [-0.2, -0.15) is 0 Å². The summed E-state index contributed by atoms with van der Waals surface area (Å²) in [6.07, 6.45) is 0. The molecule has 1 aromatic carbocycles. The summed E-state index contributed by atoms with van der Waals surface area (Å²) in [4.78, 5) is 0. The molecule has 3 heteroatoms. The first-order chi connectivity index (χ1) is 6.68. The van der Waals surface area contributed by atoms with Crippen molar-refractivity contribution in [3.63, 3.8) is 0 Å². The van der Waals surface area contributed by atoms with Gasteiger partial charge in [0, 0.05) is 11.4 Å². The first-order valence-electron chi connectivity index (χ1n) is 4.83. The molecule has 0 fully saturated rings. The molecule has 0 bridgehead atoms. The Morgan fingerprint density at radius 1 is 1.29 bits per heavy atom. The van der Waals surface area contributed by atoms with Crippen LogP contribution < -0.4 is 5.73 Å². The highest BCUT2D eigenvalue weighted by molar-refractivity contribution is 7.96. The van der Waals surface area contributed by atoms with E-state index in [1.54, 1.807) is 11.9 Å². The van der Waals surface area contributed by atoms with Crippen LogP contribution in [0.2, 0.25) is 0 Å². The van der Waals surface area contributed by atoms with Gasteiger partial charge in [-0.05, 0) is 31.8 Å². The lowest BCUT2D eigenvalue weighted by Gasteiger charge is -2.08. The standard InChI is InChI=1S/C9H14N2S.C2H6/c1-11(2)12-7-8-4-3-5-9(10)6-8;1-2/h3-6H,7,10H2,1-2H3;1-2H3. The Hall–Kier alpha value is -0.670. The number of hydrogen-bond donors (Lipinski definition) is 1. The number of hydrogen-bond acceptors (Lipinski definition) is 3. The molecule has 0 heterocycles. The molecule has 0 radical (unpaired) electrons. The van der Waals surface area contributed by atoms with Gasteiger partial charge >= 0.3 is 0 Å². The van der Waals surface area contributed by atoms with Crippen LogP contribution in [0.4, 0.5) is 5.69 Å². The minimum Gasteiger partial charge on any atom is -0.399 e. The molecular weight excluding hydrogens is 192 g/mol. The molecule has 0 unspecified atom stereocenters. The number of rotatable bonds is 3.